The number of hydrogen-bond donors (Lipinski definition) is 3. The normalized spacial score (nSPS) is 18.0. The van der Waals surface area contributed by atoms with E-state index in [1.54, 1.807) is 0 Å². The third-order valence-electron chi connectivity index (χ3n) is 4.49. The van der Waals surface area contributed by atoms with Crippen LogP contribution in [0.15, 0.2) is 11.3 Å². The van der Waals surface area contributed by atoms with Gasteiger partial charge < -0.3 is 16.0 Å². The highest BCUT2D eigenvalue weighted by Gasteiger charge is 2.50. The standard InChI is InChI=1S/C15H15F3N6O4S/c16-15(17,18)8-3-20-12(29-8)11(27)21-4-14(13(19)28)5-24(6-14)10(26)2-7-1-9(25)23-22-7/h3H,1-2,4-6H2,(H2,19,28)(H,21,27)(H,23,25). The summed E-state index contributed by atoms with van der Waals surface area (Å²) in [5.41, 5.74) is 6.75. The van der Waals surface area contributed by atoms with Crippen LogP contribution in [0.4, 0.5) is 13.2 Å². The number of hydrazone groups is 1. The lowest BCUT2D eigenvalue weighted by atomic mass is 9.78. The largest absolute Gasteiger partial charge is 0.427 e. The monoisotopic (exact) mass is 432 g/mol. The fourth-order valence-electron chi connectivity index (χ4n) is 2.84. The van der Waals surface area contributed by atoms with Gasteiger partial charge in [-0.2, -0.15) is 18.3 Å². The summed E-state index contributed by atoms with van der Waals surface area (Å²) < 4.78 is 37.8. The quantitative estimate of drug-likeness (QED) is 0.553. The molecule has 0 bridgehead atoms. The number of nitrogens with two attached hydrogens (primary N) is 1. The van der Waals surface area contributed by atoms with Crippen molar-refractivity contribution >= 4 is 40.7 Å². The highest BCUT2D eigenvalue weighted by molar-refractivity contribution is 7.13. The third kappa shape index (κ3) is 4.36. The molecule has 0 saturated carbocycles. The number of hydrogen-bond acceptors (Lipinski definition) is 7. The second-order valence-corrected chi connectivity index (χ2v) is 7.70. The van der Waals surface area contributed by atoms with Crippen LogP contribution in [0.2, 0.25) is 0 Å². The smallest absolute Gasteiger partial charge is 0.369 e. The number of nitrogens with zero attached hydrogens (tertiary/aromatic N) is 3. The van der Waals surface area contributed by atoms with E-state index >= 15 is 0 Å². The summed E-state index contributed by atoms with van der Waals surface area (Å²) in [6.07, 6.45) is -4.13. The molecule has 2 aliphatic rings. The Morgan fingerprint density at radius 1 is 1.34 bits per heavy atom. The van der Waals surface area contributed by atoms with Gasteiger partial charge in [-0.3, -0.25) is 19.2 Å². The molecule has 1 aromatic rings. The molecule has 0 radical (unpaired) electrons. The van der Waals surface area contributed by atoms with E-state index in [2.05, 4.69) is 20.8 Å². The maximum Gasteiger partial charge on any atom is 0.427 e. The van der Waals surface area contributed by atoms with Crippen LogP contribution in [-0.4, -0.2) is 58.9 Å². The van der Waals surface area contributed by atoms with Gasteiger partial charge in [0.2, 0.25) is 17.7 Å². The minimum absolute atomic E-state index is 0.0182. The molecule has 0 spiro atoms. The van der Waals surface area contributed by atoms with Gasteiger partial charge in [-0.25, -0.2) is 10.4 Å². The van der Waals surface area contributed by atoms with Crippen molar-refractivity contribution in [3.8, 4) is 0 Å². The highest BCUT2D eigenvalue weighted by Crippen LogP contribution is 2.34. The molecule has 4 amide bonds. The average Bonchev–Trinajstić information content (AvgIpc) is 3.22. The van der Waals surface area contributed by atoms with E-state index in [-0.39, 0.29) is 55.6 Å². The Bertz CT molecular complexity index is 906. The fourth-order valence-corrected chi connectivity index (χ4v) is 3.54. The van der Waals surface area contributed by atoms with Gasteiger partial charge in [0.05, 0.1) is 24.8 Å². The number of alkyl halides is 3. The predicted octanol–water partition coefficient (Wildman–Crippen LogP) is -0.528. The molecule has 0 unspecified atom stereocenters. The van der Waals surface area contributed by atoms with Crippen LogP contribution in [0.1, 0.15) is 27.5 Å². The minimum Gasteiger partial charge on any atom is -0.369 e. The molecule has 4 N–H and O–H groups in total. The van der Waals surface area contributed by atoms with Crippen molar-refractivity contribution in [3.05, 3.63) is 16.1 Å². The van der Waals surface area contributed by atoms with Crippen LogP contribution in [0.25, 0.3) is 0 Å². The third-order valence-corrected chi connectivity index (χ3v) is 5.53. The molecule has 1 saturated heterocycles. The lowest BCUT2D eigenvalue weighted by molar-refractivity contribution is -0.150. The summed E-state index contributed by atoms with van der Waals surface area (Å²) in [7, 11) is 0. The zero-order chi connectivity index (χ0) is 21.4. The van der Waals surface area contributed by atoms with E-state index in [0.717, 1.165) is 0 Å². The number of halogens is 3. The molecular formula is C15H15F3N6O4S. The van der Waals surface area contributed by atoms with Gasteiger partial charge in [-0.05, 0) is 0 Å². The Kier molecular flexibility index (Phi) is 5.30. The first-order valence-electron chi connectivity index (χ1n) is 8.23. The number of rotatable bonds is 6. The summed E-state index contributed by atoms with van der Waals surface area (Å²) in [4.78, 5) is 50.9. The molecule has 1 fully saturated rings. The molecule has 156 valence electrons. The minimum atomic E-state index is -4.61. The maximum atomic E-state index is 12.6. The number of primary amides is 1. The van der Waals surface area contributed by atoms with Crippen LogP contribution in [-0.2, 0) is 20.6 Å². The second kappa shape index (κ2) is 7.42. The van der Waals surface area contributed by atoms with Crippen LogP contribution >= 0.6 is 11.3 Å². The van der Waals surface area contributed by atoms with Gasteiger partial charge in [0.1, 0.15) is 10.3 Å². The van der Waals surface area contributed by atoms with E-state index in [0.29, 0.717) is 11.9 Å². The van der Waals surface area contributed by atoms with E-state index in [1.165, 1.54) is 4.90 Å². The fraction of sp³-hybridized carbons (Fsp3) is 0.467. The molecule has 10 nitrogen and oxygen atoms in total. The first-order valence-corrected chi connectivity index (χ1v) is 9.05. The Balaban J connectivity index is 1.55. The molecule has 0 aliphatic carbocycles. The SMILES string of the molecule is NC(=O)C1(CNC(=O)c2ncc(C(F)(F)F)s2)CN(C(=O)CC2=NNC(=O)C2)C1. The Morgan fingerprint density at radius 2 is 2.03 bits per heavy atom. The van der Waals surface area contributed by atoms with Crippen molar-refractivity contribution in [2.45, 2.75) is 19.0 Å². The zero-order valence-electron chi connectivity index (χ0n) is 14.7. The summed E-state index contributed by atoms with van der Waals surface area (Å²) in [5, 5.41) is 5.66. The van der Waals surface area contributed by atoms with Gasteiger partial charge in [-0.15, -0.1) is 11.3 Å². The summed E-state index contributed by atoms with van der Waals surface area (Å²) in [6, 6.07) is 0. The zero-order valence-corrected chi connectivity index (χ0v) is 15.5. The van der Waals surface area contributed by atoms with Crippen molar-refractivity contribution in [2.75, 3.05) is 19.6 Å². The van der Waals surface area contributed by atoms with Gasteiger partial charge >= 0.3 is 6.18 Å². The number of thiazole rings is 1. The summed E-state index contributed by atoms with van der Waals surface area (Å²) >= 11 is 0.180. The van der Waals surface area contributed by atoms with E-state index < -0.39 is 33.3 Å². The van der Waals surface area contributed by atoms with Crippen LogP contribution in [0.3, 0.4) is 0 Å². The topological polar surface area (TPSA) is 147 Å². The van der Waals surface area contributed by atoms with Gasteiger partial charge in [0, 0.05) is 19.6 Å². The highest BCUT2D eigenvalue weighted by atomic mass is 32.1. The Labute approximate surface area is 165 Å². The van der Waals surface area contributed by atoms with Crippen molar-refractivity contribution in [2.24, 2.45) is 16.3 Å². The van der Waals surface area contributed by atoms with E-state index in [4.69, 9.17) is 5.73 Å². The molecule has 1 aromatic heterocycles. The van der Waals surface area contributed by atoms with E-state index in [9.17, 15) is 32.3 Å². The lowest BCUT2D eigenvalue weighted by Crippen LogP contribution is -2.67. The molecule has 0 aromatic carbocycles. The van der Waals surface area contributed by atoms with Crippen molar-refractivity contribution in [1.82, 2.24) is 20.6 Å². The Morgan fingerprint density at radius 3 is 2.55 bits per heavy atom. The number of carbonyl (C=O) groups excluding carboxylic acids is 4. The molecule has 29 heavy (non-hydrogen) atoms. The van der Waals surface area contributed by atoms with E-state index in [1.807, 2.05) is 0 Å². The molecule has 2 aliphatic heterocycles. The summed E-state index contributed by atoms with van der Waals surface area (Å²) in [5.74, 6) is -2.31. The summed E-state index contributed by atoms with van der Waals surface area (Å²) in [6.45, 7) is -0.392. The van der Waals surface area contributed by atoms with Crippen molar-refractivity contribution in [1.29, 1.82) is 0 Å². The number of aromatic nitrogens is 1. The van der Waals surface area contributed by atoms with Crippen LogP contribution in [0, 0.1) is 5.41 Å². The second-order valence-electron chi connectivity index (χ2n) is 6.67. The first-order chi connectivity index (χ1) is 13.5. The Hall–Kier alpha value is -3.03. The average molecular weight is 432 g/mol. The number of amides is 4. The number of carbonyl (C=O) groups is 4. The van der Waals surface area contributed by atoms with Crippen molar-refractivity contribution < 1.29 is 32.3 Å². The first kappa shape index (κ1) is 20.7. The van der Waals surface area contributed by atoms with Crippen molar-refractivity contribution in [3.63, 3.8) is 0 Å². The number of likely N-dealkylation sites (tertiary alicyclic amines) is 1. The number of nitrogens with one attached hydrogen (secondary N) is 2. The molecule has 3 rings (SSSR count). The lowest BCUT2D eigenvalue weighted by Gasteiger charge is -2.47. The predicted molar refractivity (Wildman–Crippen MR) is 92.5 cm³/mol. The van der Waals surface area contributed by atoms with Gasteiger partial charge in [0.15, 0.2) is 5.01 Å². The van der Waals surface area contributed by atoms with Gasteiger partial charge in [-0.1, -0.05) is 0 Å². The maximum absolute atomic E-state index is 12.6. The molecule has 0 atom stereocenters. The molecular weight excluding hydrogens is 417 g/mol. The van der Waals surface area contributed by atoms with Crippen LogP contribution in [0.5, 0.6) is 0 Å². The molecule has 3 heterocycles. The van der Waals surface area contributed by atoms with Crippen LogP contribution < -0.4 is 16.5 Å². The molecule has 14 heteroatoms. The van der Waals surface area contributed by atoms with Gasteiger partial charge in [0.25, 0.3) is 5.91 Å².